The van der Waals surface area contributed by atoms with Crippen LogP contribution in [0.15, 0.2) is 12.4 Å². The molecule has 0 N–H and O–H groups in total. The fourth-order valence-electron chi connectivity index (χ4n) is 0.654. The summed E-state index contributed by atoms with van der Waals surface area (Å²) >= 11 is 0. The molecule has 0 radical (unpaired) electrons. The number of aryl methyl sites for hydroxylation is 1. The highest BCUT2D eigenvalue weighted by atomic mass is 16.5. The van der Waals surface area contributed by atoms with Crippen molar-refractivity contribution in [1.82, 2.24) is 14.8 Å². The zero-order valence-corrected chi connectivity index (χ0v) is 6.89. The van der Waals surface area contributed by atoms with Crippen LogP contribution in [0.4, 0.5) is 0 Å². The highest BCUT2D eigenvalue weighted by Crippen LogP contribution is 1.94. The van der Waals surface area contributed by atoms with Crippen molar-refractivity contribution in [2.45, 2.75) is 0 Å². The summed E-state index contributed by atoms with van der Waals surface area (Å²) in [5.74, 6) is 0.207. The Kier molecular flexibility index (Phi) is 2.57. The Bertz CT molecular complexity index is 303. The summed E-state index contributed by atoms with van der Waals surface area (Å²) in [5.41, 5.74) is 0. The van der Waals surface area contributed by atoms with Gasteiger partial charge in [-0.25, -0.2) is 4.79 Å². The van der Waals surface area contributed by atoms with Crippen LogP contribution in [0.1, 0.15) is 5.82 Å². The molecule has 12 heavy (non-hydrogen) atoms. The lowest BCUT2D eigenvalue weighted by Gasteiger charge is -1.91. The lowest BCUT2D eigenvalue weighted by atomic mass is 10.5. The first-order valence-corrected chi connectivity index (χ1v) is 3.34. The number of carbonyl (C=O) groups is 1. The van der Waals surface area contributed by atoms with E-state index in [9.17, 15) is 4.79 Å². The Morgan fingerprint density at radius 3 is 3.00 bits per heavy atom. The van der Waals surface area contributed by atoms with Gasteiger partial charge < -0.3 is 9.30 Å². The van der Waals surface area contributed by atoms with Crippen LogP contribution >= 0.6 is 0 Å². The van der Waals surface area contributed by atoms with E-state index in [0.717, 1.165) is 0 Å². The highest BCUT2D eigenvalue weighted by molar-refractivity contribution is 5.86. The summed E-state index contributed by atoms with van der Waals surface area (Å²) in [5, 5.41) is 7.38. The van der Waals surface area contributed by atoms with Gasteiger partial charge >= 0.3 is 5.97 Å². The highest BCUT2D eigenvalue weighted by Gasteiger charge is 1.96. The molecule has 0 atom stereocenters. The number of hydrogen-bond acceptors (Lipinski definition) is 4. The molecule has 0 saturated carbocycles. The monoisotopic (exact) mass is 167 g/mol. The van der Waals surface area contributed by atoms with Crippen LogP contribution in [0, 0.1) is 0 Å². The number of esters is 1. The molecular weight excluding hydrogens is 158 g/mol. The maximum absolute atomic E-state index is 10.7. The molecule has 0 aliphatic heterocycles. The molecule has 0 bridgehead atoms. The van der Waals surface area contributed by atoms with Gasteiger partial charge in [0.05, 0.1) is 7.11 Å². The quantitative estimate of drug-likeness (QED) is 0.459. The molecular formula is C7H9N3O2. The topological polar surface area (TPSA) is 57.0 Å². The maximum atomic E-state index is 10.7. The van der Waals surface area contributed by atoms with Gasteiger partial charge in [0.2, 0.25) is 0 Å². The number of rotatable bonds is 2. The molecule has 0 spiro atoms. The third-order valence-electron chi connectivity index (χ3n) is 1.32. The molecule has 1 heterocycles. The lowest BCUT2D eigenvalue weighted by molar-refractivity contribution is -0.134. The molecule has 0 amide bonds. The van der Waals surface area contributed by atoms with E-state index in [-0.39, 0.29) is 0 Å². The van der Waals surface area contributed by atoms with Gasteiger partial charge in [0.15, 0.2) is 5.82 Å². The SMILES string of the molecule is COC(=O)/C=C/c1nncn1C. The van der Waals surface area contributed by atoms with Gasteiger partial charge in [-0.2, -0.15) is 0 Å². The number of ether oxygens (including phenoxy) is 1. The molecule has 5 nitrogen and oxygen atoms in total. The molecule has 0 unspecified atom stereocenters. The second-order valence-corrected chi connectivity index (χ2v) is 2.16. The van der Waals surface area contributed by atoms with E-state index in [1.54, 1.807) is 24.0 Å². The summed E-state index contributed by atoms with van der Waals surface area (Å²) in [6.45, 7) is 0. The zero-order valence-electron chi connectivity index (χ0n) is 6.89. The van der Waals surface area contributed by atoms with Gasteiger partial charge in [-0.3, -0.25) is 0 Å². The molecule has 5 heteroatoms. The fraction of sp³-hybridized carbons (Fsp3) is 0.286. The number of nitrogens with zero attached hydrogens (tertiary/aromatic N) is 3. The van der Waals surface area contributed by atoms with Crippen molar-refractivity contribution in [2.75, 3.05) is 7.11 Å². The number of aromatic nitrogens is 3. The van der Waals surface area contributed by atoms with E-state index in [1.165, 1.54) is 13.2 Å². The van der Waals surface area contributed by atoms with Crippen LogP contribution in [-0.2, 0) is 16.6 Å². The molecule has 1 aromatic rings. The molecule has 0 saturated heterocycles. The van der Waals surface area contributed by atoms with Crippen molar-refractivity contribution in [1.29, 1.82) is 0 Å². The first-order chi connectivity index (χ1) is 5.74. The van der Waals surface area contributed by atoms with Crippen LogP contribution in [0.5, 0.6) is 0 Å². The second kappa shape index (κ2) is 3.66. The van der Waals surface area contributed by atoms with Crippen LogP contribution < -0.4 is 0 Å². The van der Waals surface area contributed by atoms with Crippen molar-refractivity contribution in [3.8, 4) is 0 Å². The summed E-state index contributed by atoms with van der Waals surface area (Å²) in [7, 11) is 3.11. The largest absolute Gasteiger partial charge is 0.466 e. The Hall–Kier alpha value is -1.65. The molecule has 0 aliphatic rings. The van der Waals surface area contributed by atoms with Crippen molar-refractivity contribution in [2.24, 2.45) is 7.05 Å². The van der Waals surface area contributed by atoms with Crippen LogP contribution in [0.2, 0.25) is 0 Å². The van der Waals surface area contributed by atoms with Crippen molar-refractivity contribution in [3.05, 3.63) is 18.2 Å². The minimum Gasteiger partial charge on any atom is -0.466 e. The third kappa shape index (κ3) is 1.91. The molecule has 0 aliphatic carbocycles. The first kappa shape index (κ1) is 8.45. The van der Waals surface area contributed by atoms with Crippen LogP contribution in [0.25, 0.3) is 6.08 Å². The van der Waals surface area contributed by atoms with E-state index in [2.05, 4.69) is 14.9 Å². The fourth-order valence-corrected chi connectivity index (χ4v) is 0.654. The van der Waals surface area contributed by atoms with E-state index >= 15 is 0 Å². The molecule has 1 rings (SSSR count). The maximum Gasteiger partial charge on any atom is 0.330 e. The number of methoxy groups -OCH3 is 1. The molecule has 0 aromatic carbocycles. The molecule has 1 aromatic heterocycles. The first-order valence-electron chi connectivity index (χ1n) is 3.34. The standard InChI is InChI=1S/C7H9N3O2/c1-10-5-8-9-6(10)3-4-7(11)12-2/h3-5H,1-2H3/b4-3+. The van der Waals surface area contributed by atoms with Gasteiger partial charge in [0, 0.05) is 13.1 Å². The normalized spacial score (nSPS) is 10.5. The Labute approximate surface area is 69.7 Å². The Morgan fingerprint density at radius 2 is 2.50 bits per heavy atom. The molecule has 64 valence electrons. The minimum absolute atomic E-state index is 0.405. The number of hydrogen-bond donors (Lipinski definition) is 0. The summed E-state index contributed by atoms with van der Waals surface area (Å²) < 4.78 is 6.10. The van der Waals surface area contributed by atoms with Gasteiger partial charge in [-0.05, 0) is 6.08 Å². The van der Waals surface area contributed by atoms with Crippen molar-refractivity contribution in [3.63, 3.8) is 0 Å². The third-order valence-corrected chi connectivity index (χ3v) is 1.32. The second-order valence-electron chi connectivity index (χ2n) is 2.16. The van der Waals surface area contributed by atoms with Crippen LogP contribution in [0.3, 0.4) is 0 Å². The minimum atomic E-state index is -0.405. The zero-order chi connectivity index (χ0) is 8.97. The van der Waals surface area contributed by atoms with Crippen molar-refractivity contribution >= 4 is 12.0 Å². The van der Waals surface area contributed by atoms with Crippen LogP contribution in [-0.4, -0.2) is 27.8 Å². The summed E-state index contributed by atoms with van der Waals surface area (Å²) in [4.78, 5) is 10.7. The van der Waals surface area contributed by atoms with Gasteiger partial charge in [-0.1, -0.05) is 0 Å². The Balaban J connectivity index is 2.69. The summed E-state index contributed by atoms with van der Waals surface area (Å²) in [6.07, 6.45) is 4.39. The number of carbonyl (C=O) groups excluding carboxylic acids is 1. The average Bonchev–Trinajstić information content (AvgIpc) is 2.47. The van der Waals surface area contributed by atoms with Gasteiger partial charge in [0.1, 0.15) is 6.33 Å². The molecule has 0 fully saturated rings. The predicted molar refractivity (Wildman–Crippen MR) is 42.1 cm³/mol. The van der Waals surface area contributed by atoms with E-state index in [4.69, 9.17) is 0 Å². The Morgan fingerprint density at radius 1 is 1.75 bits per heavy atom. The average molecular weight is 167 g/mol. The smallest absolute Gasteiger partial charge is 0.330 e. The van der Waals surface area contributed by atoms with E-state index in [0.29, 0.717) is 5.82 Å². The van der Waals surface area contributed by atoms with E-state index in [1.807, 2.05) is 0 Å². The predicted octanol–water partition coefficient (Wildman–Crippen LogP) is 0.00130. The summed E-state index contributed by atoms with van der Waals surface area (Å²) in [6, 6.07) is 0. The lowest BCUT2D eigenvalue weighted by Crippen LogP contribution is -1.95. The van der Waals surface area contributed by atoms with Crippen molar-refractivity contribution < 1.29 is 9.53 Å². The van der Waals surface area contributed by atoms with E-state index < -0.39 is 5.97 Å². The van der Waals surface area contributed by atoms with Gasteiger partial charge in [0.25, 0.3) is 0 Å². The van der Waals surface area contributed by atoms with Gasteiger partial charge in [-0.15, -0.1) is 10.2 Å².